The fraction of sp³-hybridized carbons (Fsp3) is 0. The molecule has 0 saturated carbocycles. The van der Waals surface area contributed by atoms with E-state index in [4.69, 9.17) is 5.73 Å². The molecule has 0 radical (unpaired) electrons. The predicted molar refractivity (Wildman–Crippen MR) is 27.1 cm³/mol. The van der Waals surface area contributed by atoms with Crippen LogP contribution < -0.4 is 5.73 Å². The third kappa shape index (κ3) is 0.883. The van der Waals surface area contributed by atoms with Gasteiger partial charge in [0, 0.05) is 0 Å². The quantitative estimate of drug-likeness (QED) is 0.543. The Hall–Kier alpha value is -1.39. The Labute approximate surface area is 49.9 Å². The maximum absolute atomic E-state index is 12.2. The Kier molecular flexibility index (Phi) is 1.18. The van der Waals surface area contributed by atoms with Crippen molar-refractivity contribution in [2.75, 3.05) is 0 Å². The second-order valence-corrected chi connectivity index (χ2v) is 1.46. The van der Waals surface area contributed by atoms with Gasteiger partial charge in [0.1, 0.15) is 0 Å². The second-order valence-electron chi connectivity index (χ2n) is 1.46. The Bertz CT molecular complexity index is 231. The van der Waals surface area contributed by atoms with Crippen molar-refractivity contribution >= 4 is 5.91 Å². The van der Waals surface area contributed by atoms with Crippen molar-refractivity contribution in [3.8, 4) is 0 Å². The van der Waals surface area contributed by atoms with E-state index in [2.05, 4.69) is 10.2 Å². The van der Waals surface area contributed by atoms with Crippen molar-refractivity contribution in [1.29, 1.82) is 0 Å². The van der Waals surface area contributed by atoms with Crippen LogP contribution in [0.4, 0.5) is 4.39 Å². The van der Waals surface area contributed by atoms with E-state index in [1.807, 2.05) is 0 Å². The summed E-state index contributed by atoms with van der Waals surface area (Å²) in [6.07, 6.45) is 0.889. The number of nitrogens with one attached hydrogen (secondary N) is 1. The summed E-state index contributed by atoms with van der Waals surface area (Å²) in [5.41, 5.74) is 4.43. The van der Waals surface area contributed by atoms with Crippen molar-refractivity contribution in [3.05, 3.63) is 17.7 Å². The number of aromatic nitrogens is 2. The lowest BCUT2D eigenvalue weighted by Crippen LogP contribution is -2.12. The third-order valence-corrected chi connectivity index (χ3v) is 0.839. The fourth-order valence-electron chi connectivity index (χ4n) is 0.444. The topological polar surface area (TPSA) is 71.8 Å². The number of amides is 1. The molecule has 1 amide bonds. The smallest absolute Gasteiger partial charge is 0.269 e. The second kappa shape index (κ2) is 1.85. The molecule has 1 heterocycles. The summed E-state index contributed by atoms with van der Waals surface area (Å²) in [6.45, 7) is 0. The molecule has 0 unspecified atom stereocenters. The van der Waals surface area contributed by atoms with Gasteiger partial charge >= 0.3 is 0 Å². The van der Waals surface area contributed by atoms with Crippen molar-refractivity contribution in [3.63, 3.8) is 0 Å². The molecule has 0 aromatic carbocycles. The van der Waals surface area contributed by atoms with Crippen LogP contribution in [0.2, 0.25) is 0 Å². The van der Waals surface area contributed by atoms with Crippen LogP contribution in [-0.4, -0.2) is 16.1 Å². The summed E-state index contributed by atoms with van der Waals surface area (Å²) in [6, 6.07) is 0. The predicted octanol–water partition coefficient (Wildman–Crippen LogP) is -0.352. The highest BCUT2D eigenvalue weighted by Gasteiger charge is 2.07. The molecule has 4 nitrogen and oxygen atoms in total. The number of nitrogens with zero attached hydrogens (tertiary/aromatic N) is 1. The summed E-state index contributed by atoms with van der Waals surface area (Å²) in [5.74, 6) is -1.56. The molecule has 0 fully saturated rings. The van der Waals surface area contributed by atoms with Gasteiger partial charge in [0.2, 0.25) is 0 Å². The highest BCUT2D eigenvalue weighted by molar-refractivity contribution is 5.90. The molecule has 1 rings (SSSR count). The van der Waals surface area contributed by atoms with Crippen LogP contribution in [0.3, 0.4) is 0 Å². The van der Waals surface area contributed by atoms with Crippen LogP contribution >= 0.6 is 0 Å². The van der Waals surface area contributed by atoms with Gasteiger partial charge in [-0.05, 0) is 0 Å². The number of aromatic amines is 1. The minimum atomic E-state index is -0.843. The maximum Gasteiger partial charge on any atom is 0.269 e. The standard InChI is InChI=1S/C4H4FN3O/c5-2-1-7-8-3(2)4(6)9/h1H,(H2,6,9)(H,7,8). The van der Waals surface area contributed by atoms with Crippen molar-refractivity contribution in [2.24, 2.45) is 5.73 Å². The van der Waals surface area contributed by atoms with Gasteiger partial charge in [-0.2, -0.15) is 5.10 Å². The lowest BCUT2D eigenvalue weighted by atomic mass is 10.4. The first-order valence-corrected chi connectivity index (χ1v) is 2.20. The van der Waals surface area contributed by atoms with Crippen molar-refractivity contribution in [2.45, 2.75) is 0 Å². The first-order chi connectivity index (χ1) is 4.22. The minimum absolute atomic E-state index is 0.282. The molecular formula is C4H4FN3O. The van der Waals surface area contributed by atoms with Crippen LogP contribution in [0.5, 0.6) is 0 Å². The van der Waals surface area contributed by atoms with E-state index in [0.29, 0.717) is 0 Å². The van der Waals surface area contributed by atoms with Gasteiger partial charge in [-0.15, -0.1) is 0 Å². The van der Waals surface area contributed by atoms with Gasteiger partial charge in [-0.1, -0.05) is 0 Å². The molecule has 0 saturated heterocycles. The normalized spacial score (nSPS) is 9.44. The summed E-state index contributed by atoms with van der Waals surface area (Å²) < 4.78 is 12.2. The van der Waals surface area contributed by atoms with Gasteiger partial charge in [0.05, 0.1) is 6.20 Å². The monoisotopic (exact) mass is 129 g/mol. The molecule has 0 bridgehead atoms. The van der Waals surface area contributed by atoms with Crippen molar-refractivity contribution < 1.29 is 9.18 Å². The molecule has 48 valence electrons. The summed E-state index contributed by atoms with van der Waals surface area (Å²) in [4.78, 5) is 10.2. The molecule has 5 heteroatoms. The zero-order valence-corrected chi connectivity index (χ0v) is 4.39. The van der Waals surface area contributed by atoms with E-state index < -0.39 is 11.7 Å². The maximum atomic E-state index is 12.2. The van der Waals surface area contributed by atoms with E-state index in [1.54, 1.807) is 0 Å². The summed E-state index contributed by atoms with van der Waals surface area (Å²) >= 11 is 0. The summed E-state index contributed by atoms with van der Waals surface area (Å²) in [7, 11) is 0. The van der Waals surface area contributed by atoms with Crippen LogP contribution in [0, 0.1) is 5.82 Å². The molecule has 0 aliphatic heterocycles. The fourth-order valence-corrected chi connectivity index (χ4v) is 0.444. The van der Waals surface area contributed by atoms with Crippen molar-refractivity contribution in [1.82, 2.24) is 10.2 Å². The van der Waals surface area contributed by atoms with E-state index in [0.717, 1.165) is 6.20 Å². The third-order valence-electron chi connectivity index (χ3n) is 0.839. The highest BCUT2D eigenvalue weighted by Crippen LogP contribution is 1.98. The number of hydrogen-bond acceptors (Lipinski definition) is 2. The zero-order valence-electron chi connectivity index (χ0n) is 4.39. The van der Waals surface area contributed by atoms with Crippen LogP contribution in [-0.2, 0) is 0 Å². The number of primary amides is 1. The molecule has 9 heavy (non-hydrogen) atoms. The molecule has 1 aromatic heterocycles. The number of halogens is 1. The minimum Gasteiger partial charge on any atom is -0.364 e. The number of H-pyrrole nitrogens is 1. The molecule has 0 spiro atoms. The average Bonchev–Trinajstić information content (AvgIpc) is 2.13. The van der Waals surface area contributed by atoms with Crippen LogP contribution in [0.15, 0.2) is 6.20 Å². The SMILES string of the molecule is NC(=O)c1[nH]ncc1F. The van der Waals surface area contributed by atoms with Gasteiger partial charge < -0.3 is 5.73 Å². The molecule has 0 aliphatic rings. The zero-order chi connectivity index (χ0) is 6.85. The molecule has 0 aliphatic carbocycles. The largest absolute Gasteiger partial charge is 0.364 e. The summed E-state index contributed by atoms with van der Waals surface area (Å²) in [5, 5.41) is 5.35. The number of carbonyl (C=O) groups is 1. The van der Waals surface area contributed by atoms with E-state index in [-0.39, 0.29) is 5.69 Å². The number of rotatable bonds is 1. The van der Waals surface area contributed by atoms with E-state index in [1.165, 1.54) is 0 Å². The van der Waals surface area contributed by atoms with Crippen LogP contribution in [0.25, 0.3) is 0 Å². The number of nitrogens with two attached hydrogens (primary N) is 1. The molecule has 0 atom stereocenters. The van der Waals surface area contributed by atoms with Gasteiger partial charge in [0.25, 0.3) is 5.91 Å². The Morgan fingerprint density at radius 2 is 2.56 bits per heavy atom. The molecule has 3 N–H and O–H groups in total. The first kappa shape index (κ1) is 5.74. The van der Waals surface area contributed by atoms with Gasteiger partial charge in [-0.25, -0.2) is 4.39 Å². The Morgan fingerprint density at radius 1 is 1.89 bits per heavy atom. The highest BCUT2D eigenvalue weighted by atomic mass is 19.1. The first-order valence-electron chi connectivity index (χ1n) is 2.20. The molecule has 1 aromatic rings. The van der Waals surface area contributed by atoms with Gasteiger partial charge in [0.15, 0.2) is 11.5 Å². The van der Waals surface area contributed by atoms with Crippen LogP contribution in [0.1, 0.15) is 10.5 Å². The molecular weight excluding hydrogens is 125 g/mol. The number of carbonyl (C=O) groups excluding carboxylic acids is 1. The van der Waals surface area contributed by atoms with E-state index in [9.17, 15) is 9.18 Å². The van der Waals surface area contributed by atoms with E-state index >= 15 is 0 Å². The lowest BCUT2D eigenvalue weighted by Gasteiger charge is -1.84. The number of hydrogen-bond donors (Lipinski definition) is 2. The Morgan fingerprint density at radius 3 is 2.78 bits per heavy atom. The average molecular weight is 129 g/mol. The lowest BCUT2D eigenvalue weighted by molar-refractivity contribution is 0.0992. The van der Waals surface area contributed by atoms with Gasteiger partial charge in [-0.3, -0.25) is 9.89 Å². The Balaban J connectivity index is 3.08.